The Morgan fingerprint density at radius 2 is 1.55 bits per heavy atom. The predicted molar refractivity (Wildman–Crippen MR) is 110 cm³/mol. The summed E-state index contributed by atoms with van der Waals surface area (Å²) in [4.78, 5) is 36.6. The van der Waals surface area contributed by atoms with Gasteiger partial charge in [-0.1, -0.05) is 18.2 Å². The number of rotatable bonds is 6. The van der Waals surface area contributed by atoms with Gasteiger partial charge in [-0.2, -0.15) is 5.10 Å². The van der Waals surface area contributed by atoms with Gasteiger partial charge in [0.2, 0.25) is 0 Å². The van der Waals surface area contributed by atoms with E-state index in [0.717, 1.165) is 0 Å². The number of benzene rings is 2. The van der Waals surface area contributed by atoms with Crippen LogP contribution in [0.1, 0.15) is 27.8 Å². The lowest BCUT2D eigenvalue weighted by Crippen LogP contribution is -2.15. The van der Waals surface area contributed by atoms with Crippen LogP contribution in [0.3, 0.4) is 0 Å². The van der Waals surface area contributed by atoms with Gasteiger partial charge in [0.15, 0.2) is 17.2 Å². The van der Waals surface area contributed by atoms with Gasteiger partial charge >= 0.3 is 17.9 Å². The van der Waals surface area contributed by atoms with E-state index in [4.69, 9.17) is 18.9 Å². The molecule has 0 radical (unpaired) electrons. The zero-order valence-corrected chi connectivity index (χ0v) is 17.4. The largest absolute Gasteiger partial charge is 0.493 e. The molecule has 0 aliphatic rings. The summed E-state index contributed by atoms with van der Waals surface area (Å²) in [6.45, 7) is 1.27. The Bertz CT molecular complexity index is 1140. The number of esters is 3. The second-order valence-electron chi connectivity index (χ2n) is 6.26. The first kappa shape index (κ1) is 21.6. The molecule has 160 valence electrons. The molecule has 0 spiro atoms. The molecule has 3 aromatic rings. The van der Waals surface area contributed by atoms with Crippen LogP contribution in [0.4, 0.5) is 0 Å². The highest BCUT2D eigenvalue weighted by Gasteiger charge is 2.31. The van der Waals surface area contributed by atoms with Gasteiger partial charge in [-0.25, -0.2) is 14.3 Å². The van der Waals surface area contributed by atoms with Crippen LogP contribution in [0.25, 0.3) is 16.9 Å². The zero-order chi connectivity index (χ0) is 22.5. The molecule has 0 saturated carbocycles. The van der Waals surface area contributed by atoms with Crippen LogP contribution in [0.5, 0.6) is 11.5 Å². The van der Waals surface area contributed by atoms with Crippen LogP contribution in [0.15, 0.2) is 48.5 Å². The fraction of sp³-hybridized carbons (Fsp3) is 0.182. The van der Waals surface area contributed by atoms with Gasteiger partial charge < -0.3 is 18.9 Å². The predicted octanol–water partition coefficient (Wildman–Crippen LogP) is 3.05. The molecule has 0 unspecified atom stereocenters. The van der Waals surface area contributed by atoms with Crippen LogP contribution < -0.4 is 9.47 Å². The number of nitrogens with zero attached hydrogens (tertiary/aromatic N) is 2. The van der Waals surface area contributed by atoms with Gasteiger partial charge in [0.1, 0.15) is 11.3 Å². The third-order valence-electron chi connectivity index (χ3n) is 4.35. The average molecular weight is 424 g/mol. The zero-order valence-electron chi connectivity index (χ0n) is 17.4. The molecule has 0 N–H and O–H groups in total. The van der Waals surface area contributed by atoms with Crippen LogP contribution >= 0.6 is 0 Å². The van der Waals surface area contributed by atoms with Crippen molar-refractivity contribution in [3.63, 3.8) is 0 Å². The number of para-hydroxylation sites is 1. The summed E-state index contributed by atoms with van der Waals surface area (Å²) >= 11 is 0. The number of methoxy groups -OCH3 is 3. The maximum atomic E-state index is 12.7. The van der Waals surface area contributed by atoms with Crippen molar-refractivity contribution in [2.75, 3.05) is 21.3 Å². The van der Waals surface area contributed by atoms with Crippen molar-refractivity contribution >= 4 is 17.9 Å². The highest BCUT2D eigenvalue weighted by Crippen LogP contribution is 2.35. The first-order valence-electron chi connectivity index (χ1n) is 9.13. The van der Waals surface area contributed by atoms with E-state index >= 15 is 0 Å². The van der Waals surface area contributed by atoms with E-state index in [1.54, 1.807) is 36.4 Å². The van der Waals surface area contributed by atoms with Gasteiger partial charge in [-0.3, -0.25) is 4.79 Å². The highest BCUT2D eigenvalue weighted by molar-refractivity contribution is 6.07. The number of carbonyl (C=O) groups is 3. The molecule has 0 amide bonds. The monoisotopic (exact) mass is 424 g/mol. The molecule has 0 atom stereocenters. The van der Waals surface area contributed by atoms with E-state index in [9.17, 15) is 14.4 Å². The molecule has 0 bridgehead atoms. The van der Waals surface area contributed by atoms with E-state index in [0.29, 0.717) is 11.3 Å². The Kier molecular flexibility index (Phi) is 6.35. The van der Waals surface area contributed by atoms with Gasteiger partial charge in [0.25, 0.3) is 0 Å². The van der Waals surface area contributed by atoms with Crippen LogP contribution in [-0.2, 0) is 14.3 Å². The van der Waals surface area contributed by atoms with Gasteiger partial charge in [-0.05, 0) is 30.3 Å². The molecule has 0 aliphatic heterocycles. The van der Waals surface area contributed by atoms with Crippen molar-refractivity contribution in [1.82, 2.24) is 9.78 Å². The van der Waals surface area contributed by atoms with Crippen LogP contribution in [-0.4, -0.2) is 49.0 Å². The third-order valence-corrected chi connectivity index (χ3v) is 4.35. The van der Waals surface area contributed by atoms with Crippen molar-refractivity contribution in [2.24, 2.45) is 0 Å². The normalized spacial score (nSPS) is 10.3. The number of hydrogen-bond donors (Lipinski definition) is 0. The molecule has 0 aliphatic carbocycles. The molecule has 9 nitrogen and oxygen atoms in total. The molecule has 9 heteroatoms. The maximum absolute atomic E-state index is 12.7. The van der Waals surface area contributed by atoms with Crippen molar-refractivity contribution in [3.8, 4) is 28.4 Å². The number of ether oxygens (including phenoxy) is 4. The number of hydrogen-bond acceptors (Lipinski definition) is 8. The molecule has 2 aromatic carbocycles. The van der Waals surface area contributed by atoms with Gasteiger partial charge in [-0.15, -0.1) is 0 Å². The van der Waals surface area contributed by atoms with Gasteiger partial charge in [0.05, 0.1) is 27.0 Å². The van der Waals surface area contributed by atoms with E-state index < -0.39 is 17.9 Å². The lowest BCUT2D eigenvalue weighted by Gasteiger charge is -2.10. The number of carbonyl (C=O) groups excluding carboxylic acids is 3. The van der Waals surface area contributed by atoms with Gasteiger partial charge in [0, 0.05) is 12.5 Å². The highest BCUT2D eigenvalue weighted by atomic mass is 16.6. The third kappa shape index (κ3) is 4.25. The Morgan fingerprint density at radius 3 is 2.13 bits per heavy atom. The maximum Gasteiger partial charge on any atom is 0.357 e. The Labute approximate surface area is 178 Å². The van der Waals surface area contributed by atoms with E-state index in [2.05, 4.69) is 5.10 Å². The molecular weight excluding hydrogens is 404 g/mol. The Hall–Kier alpha value is -4.14. The summed E-state index contributed by atoms with van der Waals surface area (Å²) in [5, 5.41) is 4.51. The fourth-order valence-corrected chi connectivity index (χ4v) is 3.01. The lowest BCUT2D eigenvalue weighted by molar-refractivity contribution is -0.132. The minimum absolute atomic E-state index is 0.0690. The molecule has 0 saturated heterocycles. The summed E-state index contributed by atoms with van der Waals surface area (Å²) in [6.07, 6.45) is 0. The molecule has 0 fully saturated rings. The molecule has 3 rings (SSSR count). The summed E-state index contributed by atoms with van der Waals surface area (Å²) < 4.78 is 21.6. The van der Waals surface area contributed by atoms with E-state index in [-0.39, 0.29) is 28.5 Å². The number of aromatic nitrogens is 2. The lowest BCUT2D eigenvalue weighted by atomic mass is 10.0. The standard InChI is InChI=1S/C22H20N2O7/c1-13(25)31-16-11-10-14(12-17(16)28-2)19-18(21(26)29-3)20(22(27)30-4)24(23-19)15-8-6-5-7-9-15/h5-12H,1-4H3. The molecular formula is C22H20N2O7. The van der Waals surface area contributed by atoms with Crippen LogP contribution in [0.2, 0.25) is 0 Å². The SMILES string of the molecule is COC(=O)c1c(-c2ccc(OC(C)=O)c(OC)c2)nn(-c2ccccc2)c1C(=O)OC. The summed E-state index contributed by atoms with van der Waals surface area (Å²) in [6, 6.07) is 13.5. The first-order chi connectivity index (χ1) is 14.9. The topological polar surface area (TPSA) is 106 Å². The van der Waals surface area contributed by atoms with Crippen molar-refractivity contribution in [1.29, 1.82) is 0 Å². The molecule has 31 heavy (non-hydrogen) atoms. The fourth-order valence-electron chi connectivity index (χ4n) is 3.01. The second-order valence-corrected chi connectivity index (χ2v) is 6.26. The summed E-state index contributed by atoms with van der Waals surface area (Å²) in [5.41, 5.74) is 0.999. The van der Waals surface area contributed by atoms with Crippen LogP contribution in [0, 0.1) is 0 Å². The molecule has 1 heterocycles. The summed E-state index contributed by atoms with van der Waals surface area (Å²) in [5.74, 6) is -1.58. The summed E-state index contributed by atoms with van der Waals surface area (Å²) in [7, 11) is 3.83. The second kappa shape index (κ2) is 9.12. The first-order valence-corrected chi connectivity index (χ1v) is 9.13. The van der Waals surface area contributed by atoms with E-state index in [1.807, 2.05) is 6.07 Å². The minimum Gasteiger partial charge on any atom is -0.493 e. The van der Waals surface area contributed by atoms with Crippen molar-refractivity contribution < 1.29 is 33.3 Å². The quantitative estimate of drug-likeness (QED) is 0.439. The van der Waals surface area contributed by atoms with E-state index in [1.165, 1.54) is 39.0 Å². The van der Waals surface area contributed by atoms with Crippen molar-refractivity contribution in [2.45, 2.75) is 6.92 Å². The Morgan fingerprint density at radius 1 is 0.871 bits per heavy atom. The average Bonchev–Trinajstić information content (AvgIpc) is 3.19. The van der Waals surface area contributed by atoms with Crippen molar-refractivity contribution in [3.05, 3.63) is 59.8 Å². The smallest absolute Gasteiger partial charge is 0.357 e. The minimum atomic E-state index is -0.763. The molecule has 1 aromatic heterocycles. The Balaban J connectivity index is 2.29.